The van der Waals surface area contributed by atoms with Crippen LogP contribution in [0.1, 0.15) is 45.6 Å². The molecular weight excluding hydrogens is 248 g/mol. The molecule has 1 aromatic carbocycles. The van der Waals surface area contributed by atoms with Crippen LogP contribution in [0.4, 0.5) is 0 Å². The van der Waals surface area contributed by atoms with Crippen LogP contribution >= 0.6 is 0 Å². The third-order valence-electron chi connectivity index (χ3n) is 4.47. The molecule has 0 bridgehead atoms. The van der Waals surface area contributed by atoms with Crippen molar-refractivity contribution in [3.8, 4) is 0 Å². The first kappa shape index (κ1) is 15.0. The Morgan fingerprint density at radius 3 is 2.50 bits per heavy atom. The van der Waals surface area contributed by atoms with Crippen LogP contribution in [-0.2, 0) is 11.3 Å². The van der Waals surface area contributed by atoms with E-state index in [1.165, 1.54) is 0 Å². The minimum atomic E-state index is -0.710. The van der Waals surface area contributed by atoms with Gasteiger partial charge in [0.2, 0.25) is 5.91 Å². The fourth-order valence-electron chi connectivity index (χ4n) is 2.60. The smallest absolute Gasteiger partial charge is 0.243 e. The van der Waals surface area contributed by atoms with Crippen molar-refractivity contribution in [2.45, 2.75) is 58.2 Å². The van der Waals surface area contributed by atoms with Gasteiger partial charge < -0.3 is 10.6 Å². The number of nitrogens with zero attached hydrogens (tertiary/aromatic N) is 1. The van der Waals surface area contributed by atoms with E-state index in [2.05, 4.69) is 26.0 Å². The van der Waals surface area contributed by atoms with Crippen LogP contribution < -0.4 is 5.73 Å². The van der Waals surface area contributed by atoms with Crippen LogP contribution in [0.3, 0.4) is 0 Å². The van der Waals surface area contributed by atoms with Gasteiger partial charge in [0, 0.05) is 12.6 Å². The zero-order chi connectivity index (χ0) is 14.8. The maximum absolute atomic E-state index is 12.9. The maximum Gasteiger partial charge on any atom is 0.243 e. The van der Waals surface area contributed by atoms with Gasteiger partial charge in [-0.25, -0.2) is 0 Å². The predicted octanol–water partition coefficient (Wildman–Crippen LogP) is 2.94. The molecule has 0 aromatic heterocycles. The standard InChI is InChI=1S/C17H26N2O/c1-4-13(2)19(12-14-8-6-5-7-9-14)16(20)17(3,18)15-10-11-15/h5-9,13,15H,4,10-12,18H2,1-3H3. The van der Waals surface area contributed by atoms with E-state index in [1.54, 1.807) is 0 Å². The number of nitrogens with two attached hydrogens (primary N) is 1. The van der Waals surface area contributed by atoms with Crippen molar-refractivity contribution >= 4 is 5.91 Å². The molecule has 0 heterocycles. The number of hydrogen-bond donors (Lipinski definition) is 1. The summed E-state index contributed by atoms with van der Waals surface area (Å²) in [7, 11) is 0. The molecule has 1 aliphatic rings. The summed E-state index contributed by atoms with van der Waals surface area (Å²) in [5.41, 5.74) is 6.77. The van der Waals surface area contributed by atoms with E-state index < -0.39 is 5.54 Å². The van der Waals surface area contributed by atoms with Gasteiger partial charge in [-0.2, -0.15) is 0 Å². The van der Waals surface area contributed by atoms with Crippen molar-refractivity contribution in [2.75, 3.05) is 0 Å². The molecular formula is C17H26N2O. The van der Waals surface area contributed by atoms with E-state index in [0.717, 1.165) is 24.8 Å². The lowest BCUT2D eigenvalue weighted by Crippen LogP contribution is -2.56. The molecule has 3 nitrogen and oxygen atoms in total. The summed E-state index contributed by atoms with van der Waals surface area (Å²) in [4.78, 5) is 14.8. The quantitative estimate of drug-likeness (QED) is 0.867. The summed E-state index contributed by atoms with van der Waals surface area (Å²) in [6.07, 6.45) is 3.11. The summed E-state index contributed by atoms with van der Waals surface area (Å²) in [6, 6.07) is 10.4. The minimum absolute atomic E-state index is 0.0956. The second-order valence-corrected chi connectivity index (χ2v) is 6.23. The fraction of sp³-hybridized carbons (Fsp3) is 0.588. The predicted molar refractivity (Wildman–Crippen MR) is 82.1 cm³/mol. The van der Waals surface area contributed by atoms with Crippen LogP contribution in [-0.4, -0.2) is 22.4 Å². The fourth-order valence-corrected chi connectivity index (χ4v) is 2.60. The highest BCUT2D eigenvalue weighted by Crippen LogP contribution is 2.39. The lowest BCUT2D eigenvalue weighted by molar-refractivity contribution is -0.140. The van der Waals surface area contributed by atoms with Crippen LogP contribution in [0.25, 0.3) is 0 Å². The molecule has 2 N–H and O–H groups in total. The first-order valence-corrected chi connectivity index (χ1v) is 7.60. The van der Waals surface area contributed by atoms with Crippen molar-refractivity contribution in [3.05, 3.63) is 35.9 Å². The molecule has 3 heteroatoms. The highest BCUT2D eigenvalue weighted by atomic mass is 16.2. The zero-order valence-electron chi connectivity index (χ0n) is 12.8. The Hall–Kier alpha value is -1.35. The molecule has 1 fully saturated rings. The van der Waals surface area contributed by atoms with Crippen molar-refractivity contribution in [1.29, 1.82) is 0 Å². The normalized spacial score (nSPS) is 19.2. The van der Waals surface area contributed by atoms with Crippen molar-refractivity contribution in [2.24, 2.45) is 11.7 Å². The maximum atomic E-state index is 12.9. The van der Waals surface area contributed by atoms with Gasteiger partial charge in [0.15, 0.2) is 0 Å². The van der Waals surface area contributed by atoms with Gasteiger partial charge >= 0.3 is 0 Å². The van der Waals surface area contributed by atoms with Crippen LogP contribution in [0.15, 0.2) is 30.3 Å². The number of amides is 1. The molecule has 20 heavy (non-hydrogen) atoms. The molecule has 1 saturated carbocycles. The first-order valence-electron chi connectivity index (χ1n) is 7.60. The summed E-state index contributed by atoms with van der Waals surface area (Å²) in [6.45, 7) is 6.76. The number of benzene rings is 1. The van der Waals surface area contributed by atoms with Gasteiger partial charge in [-0.05, 0) is 44.6 Å². The van der Waals surface area contributed by atoms with Gasteiger partial charge in [-0.1, -0.05) is 37.3 Å². The van der Waals surface area contributed by atoms with E-state index >= 15 is 0 Å². The van der Waals surface area contributed by atoms with Gasteiger partial charge in [-0.15, -0.1) is 0 Å². The second-order valence-electron chi connectivity index (χ2n) is 6.23. The van der Waals surface area contributed by atoms with Gasteiger partial charge in [0.1, 0.15) is 0 Å². The summed E-state index contributed by atoms with van der Waals surface area (Å²) < 4.78 is 0. The Kier molecular flexibility index (Phi) is 4.48. The Bertz CT molecular complexity index is 451. The molecule has 110 valence electrons. The topological polar surface area (TPSA) is 46.3 Å². The van der Waals surface area contributed by atoms with E-state index in [-0.39, 0.29) is 11.9 Å². The van der Waals surface area contributed by atoms with Gasteiger partial charge in [0.05, 0.1) is 5.54 Å². The molecule has 2 unspecified atom stereocenters. The lowest BCUT2D eigenvalue weighted by Gasteiger charge is -2.36. The molecule has 0 spiro atoms. The van der Waals surface area contributed by atoms with Crippen molar-refractivity contribution in [3.63, 3.8) is 0 Å². The highest BCUT2D eigenvalue weighted by molar-refractivity contribution is 5.86. The number of carbonyl (C=O) groups excluding carboxylic acids is 1. The van der Waals surface area contributed by atoms with Crippen LogP contribution in [0.2, 0.25) is 0 Å². The Morgan fingerprint density at radius 2 is 2.00 bits per heavy atom. The minimum Gasteiger partial charge on any atom is -0.334 e. The average molecular weight is 274 g/mol. The Morgan fingerprint density at radius 1 is 1.40 bits per heavy atom. The third-order valence-corrected chi connectivity index (χ3v) is 4.47. The highest BCUT2D eigenvalue weighted by Gasteiger charge is 2.46. The number of rotatable bonds is 6. The van der Waals surface area contributed by atoms with Gasteiger partial charge in [0.25, 0.3) is 0 Å². The van der Waals surface area contributed by atoms with E-state index in [9.17, 15) is 4.79 Å². The van der Waals surface area contributed by atoms with Crippen LogP contribution in [0.5, 0.6) is 0 Å². The van der Waals surface area contributed by atoms with Crippen molar-refractivity contribution < 1.29 is 4.79 Å². The molecule has 2 atom stereocenters. The molecule has 1 aliphatic carbocycles. The monoisotopic (exact) mass is 274 g/mol. The van der Waals surface area contributed by atoms with Crippen LogP contribution in [0, 0.1) is 5.92 Å². The first-order chi connectivity index (χ1) is 9.46. The summed E-state index contributed by atoms with van der Waals surface area (Å²) in [5.74, 6) is 0.454. The Labute approximate surface area is 122 Å². The van der Waals surface area contributed by atoms with Crippen molar-refractivity contribution in [1.82, 2.24) is 4.90 Å². The third kappa shape index (κ3) is 3.21. The average Bonchev–Trinajstić information content (AvgIpc) is 3.29. The summed E-state index contributed by atoms with van der Waals surface area (Å²) in [5, 5.41) is 0. The SMILES string of the molecule is CCC(C)N(Cc1ccccc1)C(=O)C(C)(N)C1CC1. The molecule has 0 saturated heterocycles. The van der Waals surface area contributed by atoms with E-state index in [1.807, 2.05) is 30.0 Å². The summed E-state index contributed by atoms with van der Waals surface area (Å²) >= 11 is 0. The molecule has 1 aromatic rings. The number of hydrogen-bond acceptors (Lipinski definition) is 2. The zero-order valence-corrected chi connectivity index (χ0v) is 12.8. The Balaban J connectivity index is 2.17. The molecule has 0 radical (unpaired) electrons. The van der Waals surface area contributed by atoms with E-state index in [0.29, 0.717) is 12.5 Å². The van der Waals surface area contributed by atoms with Gasteiger partial charge in [-0.3, -0.25) is 4.79 Å². The molecule has 2 rings (SSSR count). The largest absolute Gasteiger partial charge is 0.334 e. The van der Waals surface area contributed by atoms with E-state index in [4.69, 9.17) is 5.73 Å². The molecule has 0 aliphatic heterocycles. The lowest BCUT2D eigenvalue weighted by atomic mass is 9.94. The number of carbonyl (C=O) groups is 1. The second kappa shape index (κ2) is 5.96. The molecule has 1 amide bonds.